The van der Waals surface area contributed by atoms with Gasteiger partial charge in [-0.2, -0.15) is 5.10 Å². The molecule has 2 fully saturated rings. The van der Waals surface area contributed by atoms with Gasteiger partial charge in [-0.3, -0.25) is 9.48 Å². The first-order chi connectivity index (χ1) is 23.7. The zero-order chi connectivity index (χ0) is 34.3. The van der Waals surface area contributed by atoms with Gasteiger partial charge in [0.15, 0.2) is 18.1 Å². The molecule has 5 aromatic rings. The summed E-state index contributed by atoms with van der Waals surface area (Å²) >= 11 is 0. The summed E-state index contributed by atoms with van der Waals surface area (Å²) in [5.41, 5.74) is 3.89. The van der Waals surface area contributed by atoms with Crippen molar-refractivity contribution in [2.24, 2.45) is 7.05 Å². The lowest BCUT2D eigenvalue weighted by Crippen LogP contribution is -2.42. The molecule has 49 heavy (non-hydrogen) atoms. The van der Waals surface area contributed by atoms with Gasteiger partial charge in [0.05, 0.1) is 32.4 Å². The Hall–Kier alpha value is -5.18. The van der Waals surface area contributed by atoms with Crippen molar-refractivity contribution in [2.45, 2.75) is 57.3 Å². The van der Waals surface area contributed by atoms with E-state index < -0.39 is 30.3 Å². The number of hydrogen-bond acceptors (Lipinski definition) is 11. The summed E-state index contributed by atoms with van der Waals surface area (Å²) in [5.74, 6) is 1.43. The molecule has 14 nitrogen and oxygen atoms in total. The number of aryl methyl sites for hydroxylation is 1. The molecule has 5 heterocycles. The van der Waals surface area contributed by atoms with Gasteiger partial charge in [0, 0.05) is 49.7 Å². The highest BCUT2D eigenvalue weighted by atomic mass is 16.8. The second-order valence-electron chi connectivity index (χ2n) is 12.4. The highest BCUT2D eigenvalue weighted by Crippen LogP contribution is 2.46. The van der Waals surface area contributed by atoms with E-state index >= 15 is 0 Å². The molecule has 0 aliphatic carbocycles. The first-order valence-electron chi connectivity index (χ1n) is 15.9. The molecule has 0 bridgehead atoms. The molecule has 0 saturated carbocycles. The Morgan fingerprint density at radius 1 is 0.959 bits per heavy atom. The molecule has 2 saturated heterocycles. The van der Waals surface area contributed by atoms with E-state index in [9.17, 15) is 4.79 Å². The summed E-state index contributed by atoms with van der Waals surface area (Å²) in [4.78, 5) is 23.0. The quantitative estimate of drug-likeness (QED) is 0.209. The summed E-state index contributed by atoms with van der Waals surface area (Å²) < 4.78 is 39.1. The number of amides is 1. The number of nitrogens with zero attached hydrogens (tertiary/aromatic N) is 5. The Morgan fingerprint density at radius 3 is 2.51 bits per heavy atom. The van der Waals surface area contributed by atoms with Crippen LogP contribution in [0.3, 0.4) is 0 Å². The number of carbonyl (C=O) groups excluding carboxylic acids is 1. The molecule has 0 radical (unpaired) electrons. The number of hydrogen-bond donors (Lipinski definition) is 2. The Kier molecular flexibility index (Phi) is 8.61. The van der Waals surface area contributed by atoms with Gasteiger partial charge in [-0.25, -0.2) is 9.97 Å². The zero-order valence-corrected chi connectivity index (χ0v) is 28.2. The number of rotatable bonds is 11. The van der Waals surface area contributed by atoms with Crippen molar-refractivity contribution in [3.8, 4) is 28.5 Å². The van der Waals surface area contributed by atoms with Crippen molar-refractivity contribution < 1.29 is 33.2 Å². The fourth-order valence-corrected chi connectivity index (χ4v) is 6.43. The van der Waals surface area contributed by atoms with Gasteiger partial charge in [0.25, 0.3) is 5.91 Å². The van der Waals surface area contributed by atoms with Crippen LogP contribution in [0.25, 0.3) is 22.3 Å². The predicted molar refractivity (Wildman–Crippen MR) is 179 cm³/mol. The van der Waals surface area contributed by atoms with E-state index in [2.05, 4.69) is 15.6 Å². The molecule has 0 unspecified atom stereocenters. The van der Waals surface area contributed by atoms with Crippen LogP contribution in [0.4, 0.5) is 5.82 Å². The van der Waals surface area contributed by atoms with Crippen LogP contribution in [0.5, 0.6) is 17.2 Å². The van der Waals surface area contributed by atoms with Crippen molar-refractivity contribution in [1.29, 1.82) is 0 Å². The zero-order valence-electron chi connectivity index (χ0n) is 28.2. The standard InChI is InChI=1S/C35H39N7O7/c1-35(2)48-28-29(33(43)37-16-20-8-7-9-22(14-20)44-4)47-34(30(28)49-35)42-18-24(25-12-13-41(3)40-25)27-31(38-19-39-32(27)42)36-17-21-10-11-23(45-5)15-26(21)46-6/h7-15,18-19,28-30,34H,16-17H2,1-6H3,(H,37,43)(H,36,38,39)/t28-,29+,30-,34-/m1/s1. The minimum absolute atomic E-state index is 0.291. The van der Waals surface area contributed by atoms with Crippen LogP contribution in [0, 0.1) is 0 Å². The fourth-order valence-electron chi connectivity index (χ4n) is 6.43. The van der Waals surface area contributed by atoms with Crippen LogP contribution in [0.2, 0.25) is 0 Å². The predicted octanol–water partition coefficient (Wildman–Crippen LogP) is 4.20. The van der Waals surface area contributed by atoms with Crippen LogP contribution in [0.1, 0.15) is 31.2 Å². The monoisotopic (exact) mass is 669 g/mol. The lowest BCUT2D eigenvalue weighted by molar-refractivity contribution is -0.197. The molecule has 4 atom stereocenters. The fraction of sp³-hybridized carbons (Fsp3) is 0.371. The molecule has 7 rings (SSSR count). The molecule has 2 aliphatic heterocycles. The number of aromatic nitrogens is 5. The number of methoxy groups -OCH3 is 3. The second-order valence-corrected chi connectivity index (χ2v) is 12.4. The van der Waals surface area contributed by atoms with Crippen LogP contribution in [-0.4, -0.2) is 75.7 Å². The maximum Gasteiger partial charge on any atom is 0.252 e. The van der Waals surface area contributed by atoms with E-state index in [1.54, 1.807) is 26.0 Å². The van der Waals surface area contributed by atoms with Gasteiger partial charge in [-0.1, -0.05) is 12.1 Å². The van der Waals surface area contributed by atoms with Gasteiger partial charge >= 0.3 is 0 Å². The van der Waals surface area contributed by atoms with Crippen molar-refractivity contribution in [2.75, 3.05) is 26.6 Å². The minimum atomic E-state index is -0.944. The van der Waals surface area contributed by atoms with Crippen molar-refractivity contribution >= 4 is 22.8 Å². The summed E-state index contributed by atoms with van der Waals surface area (Å²) in [6, 6.07) is 15.1. The SMILES string of the molecule is COc1cccc(CNC(=O)[C@H]2O[C@@H](n3cc(-c4ccn(C)n4)c4c(NCc5ccc(OC)cc5OC)ncnc43)[C@@H]3OC(C)(C)O[C@@H]32)c1. The number of ether oxygens (including phenoxy) is 6. The molecular weight excluding hydrogens is 630 g/mol. The van der Waals surface area contributed by atoms with E-state index in [1.807, 2.05) is 86.4 Å². The van der Waals surface area contributed by atoms with Crippen LogP contribution in [-0.2, 0) is 39.1 Å². The topological polar surface area (TPSA) is 145 Å². The third-order valence-corrected chi connectivity index (χ3v) is 8.70. The number of fused-ring (bicyclic) bond motifs is 2. The summed E-state index contributed by atoms with van der Waals surface area (Å²) in [5, 5.41) is 11.9. The molecule has 3 aromatic heterocycles. The molecule has 2 aromatic carbocycles. The Balaban J connectivity index is 1.23. The maximum atomic E-state index is 13.7. The molecule has 2 N–H and O–H groups in total. The van der Waals surface area contributed by atoms with E-state index in [-0.39, 0.29) is 5.91 Å². The molecule has 256 valence electrons. The number of nitrogens with one attached hydrogen (secondary N) is 2. The molecule has 14 heteroatoms. The smallest absolute Gasteiger partial charge is 0.252 e. The van der Waals surface area contributed by atoms with E-state index in [0.717, 1.165) is 27.8 Å². The van der Waals surface area contributed by atoms with Gasteiger partial charge in [-0.15, -0.1) is 0 Å². The van der Waals surface area contributed by atoms with Gasteiger partial charge in [0.1, 0.15) is 47.2 Å². The lowest BCUT2D eigenvalue weighted by atomic mass is 10.1. The molecule has 1 amide bonds. The maximum absolute atomic E-state index is 13.7. The van der Waals surface area contributed by atoms with E-state index in [4.69, 9.17) is 38.5 Å². The summed E-state index contributed by atoms with van der Waals surface area (Å²) in [6.07, 6.45) is 2.33. The summed E-state index contributed by atoms with van der Waals surface area (Å²) in [7, 11) is 6.71. The highest BCUT2D eigenvalue weighted by Gasteiger charge is 2.58. The normalized spacial score (nSPS) is 21.0. The Morgan fingerprint density at radius 2 is 1.76 bits per heavy atom. The van der Waals surface area contributed by atoms with Gasteiger partial charge < -0.3 is 43.6 Å². The average molecular weight is 670 g/mol. The molecule has 0 spiro atoms. The first kappa shape index (κ1) is 32.4. The van der Waals surface area contributed by atoms with E-state index in [1.165, 1.54) is 6.33 Å². The number of carbonyl (C=O) groups is 1. The minimum Gasteiger partial charge on any atom is -0.497 e. The number of anilines is 1. The first-order valence-corrected chi connectivity index (χ1v) is 15.9. The Labute approximate surface area is 283 Å². The van der Waals surface area contributed by atoms with Crippen LogP contribution >= 0.6 is 0 Å². The van der Waals surface area contributed by atoms with Crippen LogP contribution < -0.4 is 24.8 Å². The van der Waals surface area contributed by atoms with Crippen molar-refractivity contribution in [3.63, 3.8) is 0 Å². The molecule has 2 aliphatic rings. The number of benzene rings is 2. The van der Waals surface area contributed by atoms with Gasteiger partial charge in [-0.05, 0) is 49.7 Å². The van der Waals surface area contributed by atoms with Crippen molar-refractivity contribution in [3.05, 3.63) is 78.4 Å². The van der Waals surface area contributed by atoms with Crippen molar-refractivity contribution in [1.82, 2.24) is 29.6 Å². The summed E-state index contributed by atoms with van der Waals surface area (Å²) in [6.45, 7) is 4.37. The lowest BCUT2D eigenvalue weighted by Gasteiger charge is -2.24. The highest BCUT2D eigenvalue weighted by molar-refractivity contribution is 6.00. The molecular formula is C35H39N7O7. The largest absolute Gasteiger partial charge is 0.497 e. The average Bonchev–Trinajstić information content (AvgIpc) is 3.87. The third-order valence-electron chi connectivity index (χ3n) is 8.70. The second kappa shape index (κ2) is 13.0. The third kappa shape index (κ3) is 6.25. The van der Waals surface area contributed by atoms with Crippen LogP contribution in [0.15, 0.2) is 67.3 Å². The van der Waals surface area contributed by atoms with E-state index in [0.29, 0.717) is 41.8 Å². The van der Waals surface area contributed by atoms with Gasteiger partial charge in [0.2, 0.25) is 0 Å². The Bertz CT molecular complexity index is 1990.